The Balaban J connectivity index is 2.18. The summed E-state index contributed by atoms with van der Waals surface area (Å²) in [5.74, 6) is 0. The van der Waals surface area contributed by atoms with Crippen molar-refractivity contribution in [1.82, 2.24) is 0 Å². The van der Waals surface area contributed by atoms with Gasteiger partial charge < -0.3 is 0 Å². The standard InChI is InChI=1S/C17H19Cl/c1-12-5-8-15(9-6-12)17(18)11-16-10-13(2)4-7-14(16)3/h4-10,17H,11H2,1-3H3. The summed E-state index contributed by atoms with van der Waals surface area (Å²) in [5.41, 5.74) is 6.43. The lowest BCUT2D eigenvalue weighted by atomic mass is 9.98. The Morgan fingerprint density at radius 2 is 1.50 bits per heavy atom. The first-order chi connectivity index (χ1) is 8.56. The second-order valence-corrected chi connectivity index (χ2v) is 5.54. The summed E-state index contributed by atoms with van der Waals surface area (Å²) in [7, 11) is 0. The Kier molecular flexibility index (Phi) is 4.08. The highest BCUT2D eigenvalue weighted by Gasteiger charge is 2.10. The summed E-state index contributed by atoms with van der Waals surface area (Å²) in [4.78, 5) is 0. The van der Waals surface area contributed by atoms with Crippen LogP contribution in [0.1, 0.15) is 33.2 Å². The van der Waals surface area contributed by atoms with E-state index in [1.165, 1.54) is 27.8 Å². The molecule has 94 valence electrons. The van der Waals surface area contributed by atoms with Gasteiger partial charge in [0.15, 0.2) is 0 Å². The first kappa shape index (κ1) is 13.2. The maximum atomic E-state index is 6.52. The van der Waals surface area contributed by atoms with Crippen molar-refractivity contribution in [1.29, 1.82) is 0 Å². The molecule has 0 saturated carbocycles. The van der Waals surface area contributed by atoms with Gasteiger partial charge in [0.25, 0.3) is 0 Å². The predicted octanol–water partition coefficient (Wildman–Crippen LogP) is 5.13. The first-order valence-corrected chi connectivity index (χ1v) is 6.76. The molecule has 0 saturated heterocycles. The Hall–Kier alpha value is -1.27. The lowest BCUT2D eigenvalue weighted by Gasteiger charge is -2.13. The predicted molar refractivity (Wildman–Crippen MR) is 79.4 cm³/mol. The Labute approximate surface area is 115 Å². The molecule has 0 aromatic heterocycles. The molecule has 2 aromatic carbocycles. The highest BCUT2D eigenvalue weighted by molar-refractivity contribution is 6.20. The zero-order valence-corrected chi connectivity index (χ0v) is 12.0. The lowest BCUT2D eigenvalue weighted by molar-refractivity contribution is 0.908. The maximum absolute atomic E-state index is 6.52. The molecule has 0 heterocycles. The zero-order chi connectivity index (χ0) is 13.1. The van der Waals surface area contributed by atoms with Crippen molar-refractivity contribution in [2.24, 2.45) is 0 Å². The third-order valence-electron chi connectivity index (χ3n) is 3.34. The topological polar surface area (TPSA) is 0 Å². The largest absolute Gasteiger partial charge is 0.117 e. The molecular formula is C17H19Cl. The number of hydrogen-bond acceptors (Lipinski definition) is 0. The third kappa shape index (κ3) is 3.14. The number of alkyl halides is 1. The molecule has 0 bridgehead atoms. The molecule has 2 rings (SSSR count). The monoisotopic (exact) mass is 258 g/mol. The average molecular weight is 259 g/mol. The van der Waals surface area contributed by atoms with Crippen molar-refractivity contribution in [2.45, 2.75) is 32.6 Å². The van der Waals surface area contributed by atoms with E-state index in [9.17, 15) is 0 Å². The van der Waals surface area contributed by atoms with Gasteiger partial charge in [0, 0.05) is 0 Å². The van der Waals surface area contributed by atoms with Crippen molar-refractivity contribution in [3.8, 4) is 0 Å². The molecule has 0 spiro atoms. The van der Waals surface area contributed by atoms with Gasteiger partial charge >= 0.3 is 0 Å². The molecule has 0 aliphatic heterocycles. The van der Waals surface area contributed by atoms with Crippen LogP contribution in [-0.2, 0) is 6.42 Å². The Morgan fingerprint density at radius 3 is 2.17 bits per heavy atom. The quantitative estimate of drug-likeness (QED) is 0.669. The van der Waals surface area contributed by atoms with Gasteiger partial charge in [0.2, 0.25) is 0 Å². The smallest absolute Gasteiger partial charge is 0.0625 e. The van der Waals surface area contributed by atoms with Crippen LogP contribution in [0, 0.1) is 20.8 Å². The summed E-state index contributed by atoms with van der Waals surface area (Å²) < 4.78 is 0. The molecule has 0 radical (unpaired) electrons. The van der Waals surface area contributed by atoms with Crippen LogP contribution < -0.4 is 0 Å². The van der Waals surface area contributed by atoms with Crippen LogP contribution in [-0.4, -0.2) is 0 Å². The van der Waals surface area contributed by atoms with E-state index in [1.54, 1.807) is 0 Å². The van der Waals surface area contributed by atoms with Crippen molar-refractivity contribution >= 4 is 11.6 Å². The molecule has 0 fully saturated rings. The molecule has 1 heteroatoms. The molecule has 2 aromatic rings. The van der Waals surface area contributed by atoms with Gasteiger partial charge in [-0.25, -0.2) is 0 Å². The van der Waals surface area contributed by atoms with E-state index in [4.69, 9.17) is 11.6 Å². The highest BCUT2D eigenvalue weighted by Crippen LogP contribution is 2.27. The minimum atomic E-state index is 0.0473. The van der Waals surface area contributed by atoms with Gasteiger partial charge in [-0.2, -0.15) is 0 Å². The minimum absolute atomic E-state index is 0.0473. The molecule has 1 unspecified atom stereocenters. The normalized spacial score (nSPS) is 12.4. The Morgan fingerprint density at radius 1 is 0.889 bits per heavy atom. The van der Waals surface area contributed by atoms with E-state index in [0.717, 1.165) is 6.42 Å². The average Bonchev–Trinajstić information content (AvgIpc) is 2.34. The van der Waals surface area contributed by atoms with E-state index in [2.05, 4.69) is 63.2 Å². The van der Waals surface area contributed by atoms with Crippen LogP contribution in [0.2, 0.25) is 0 Å². The van der Waals surface area contributed by atoms with Gasteiger partial charge in [-0.3, -0.25) is 0 Å². The van der Waals surface area contributed by atoms with Crippen molar-refractivity contribution in [2.75, 3.05) is 0 Å². The zero-order valence-electron chi connectivity index (χ0n) is 11.2. The molecule has 0 amide bonds. The number of aryl methyl sites for hydroxylation is 3. The Bertz CT molecular complexity index is 526. The fourth-order valence-corrected chi connectivity index (χ4v) is 2.42. The minimum Gasteiger partial charge on any atom is -0.117 e. The van der Waals surface area contributed by atoms with E-state index >= 15 is 0 Å². The molecular weight excluding hydrogens is 240 g/mol. The van der Waals surface area contributed by atoms with E-state index in [1.807, 2.05) is 0 Å². The van der Waals surface area contributed by atoms with E-state index in [-0.39, 0.29) is 5.38 Å². The van der Waals surface area contributed by atoms with Crippen LogP contribution in [0.4, 0.5) is 0 Å². The number of benzene rings is 2. The molecule has 0 aliphatic rings. The van der Waals surface area contributed by atoms with Gasteiger partial charge in [-0.1, -0.05) is 53.6 Å². The van der Waals surface area contributed by atoms with Crippen LogP contribution in [0.5, 0.6) is 0 Å². The van der Waals surface area contributed by atoms with Crippen LogP contribution in [0.15, 0.2) is 42.5 Å². The summed E-state index contributed by atoms with van der Waals surface area (Å²) in [5, 5.41) is 0.0473. The number of halogens is 1. The van der Waals surface area contributed by atoms with Gasteiger partial charge in [0.1, 0.15) is 0 Å². The van der Waals surface area contributed by atoms with Crippen LogP contribution >= 0.6 is 11.6 Å². The van der Waals surface area contributed by atoms with Gasteiger partial charge in [-0.05, 0) is 43.9 Å². The summed E-state index contributed by atoms with van der Waals surface area (Å²) in [6.45, 7) is 6.36. The lowest BCUT2D eigenvalue weighted by Crippen LogP contribution is -1.98. The van der Waals surface area contributed by atoms with E-state index in [0.29, 0.717) is 0 Å². The van der Waals surface area contributed by atoms with Crippen molar-refractivity contribution < 1.29 is 0 Å². The van der Waals surface area contributed by atoms with Crippen molar-refractivity contribution in [3.63, 3.8) is 0 Å². The third-order valence-corrected chi connectivity index (χ3v) is 3.75. The summed E-state index contributed by atoms with van der Waals surface area (Å²) in [6.07, 6.45) is 0.887. The highest BCUT2D eigenvalue weighted by atomic mass is 35.5. The SMILES string of the molecule is Cc1ccc(C(Cl)Cc2cc(C)ccc2C)cc1. The second kappa shape index (κ2) is 5.58. The fraction of sp³-hybridized carbons (Fsp3) is 0.294. The van der Waals surface area contributed by atoms with Crippen molar-refractivity contribution in [3.05, 3.63) is 70.3 Å². The van der Waals surface area contributed by atoms with E-state index < -0.39 is 0 Å². The first-order valence-electron chi connectivity index (χ1n) is 6.33. The summed E-state index contributed by atoms with van der Waals surface area (Å²) >= 11 is 6.52. The number of rotatable bonds is 3. The molecule has 0 N–H and O–H groups in total. The maximum Gasteiger partial charge on any atom is 0.0625 e. The molecule has 0 nitrogen and oxygen atoms in total. The molecule has 18 heavy (non-hydrogen) atoms. The molecule has 1 atom stereocenters. The van der Waals surface area contributed by atoms with Gasteiger partial charge in [0.05, 0.1) is 5.38 Å². The van der Waals surface area contributed by atoms with Gasteiger partial charge in [-0.15, -0.1) is 11.6 Å². The molecule has 0 aliphatic carbocycles. The van der Waals surface area contributed by atoms with Crippen LogP contribution in [0.25, 0.3) is 0 Å². The second-order valence-electron chi connectivity index (χ2n) is 5.01. The number of hydrogen-bond donors (Lipinski definition) is 0. The summed E-state index contributed by atoms with van der Waals surface area (Å²) in [6, 6.07) is 15.0. The fourth-order valence-electron chi connectivity index (χ4n) is 2.11. The van der Waals surface area contributed by atoms with Crippen LogP contribution in [0.3, 0.4) is 0 Å².